The van der Waals surface area contributed by atoms with E-state index in [-0.39, 0.29) is 5.78 Å². The summed E-state index contributed by atoms with van der Waals surface area (Å²) in [5.74, 6) is 0.0627. The normalized spacial score (nSPS) is 11.2. The minimum atomic E-state index is -0.576. The van der Waals surface area contributed by atoms with Crippen molar-refractivity contribution in [2.75, 3.05) is 7.11 Å². The van der Waals surface area contributed by atoms with E-state index in [0.29, 0.717) is 11.3 Å². The summed E-state index contributed by atoms with van der Waals surface area (Å²) in [6.07, 6.45) is 0. The number of carbonyl (C=O) groups is 1. The van der Waals surface area contributed by atoms with E-state index < -0.39 is 5.92 Å². The predicted octanol–water partition coefficient (Wildman–Crippen LogP) is 8.48. The van der Waals surface area contributed by atoms with Crippen LogP contribution in [0.1, 0.15) is 38.5 Å². The molecular weight excluding hydrogens is 464 g/mol. The van der Waals surface area contributed by atoms with E-state index in [1.165, 1.54) is 0 Å². The second-order valence-electron chi connectivity index (χ2n) is 8.95. The van der Waals surface area contributed by atoms with Gasteiger partial charge in [-0.1, -0.05) is 133 Å². The molecule has 0 radical (unpaired) electrons. The maximum absolute atomic E-state index is 14.4. The summed E-state index contributed by atoms with van der Waals surface area (Å²) in [6.45, 7) is 0. The molecule has 0 spiro atoms. The highest BCUT2D eigenvalue weighted by atomic mass is 16.5. The van der Waals surface area contributed by atoms with Gasteiger partial charge in [0, 0.05) is 16.7 Å². The van der Waals surface area contributed by atoms with Crippen LogP contribution in [0.5, 0.6) is 5.75 Å². The molecule has 0 aliphatic rings. The summed E-state index contributed by atoms with van der Waals surface area (Å²) >= 11 is 0. The van der Waals surface area contributed by atoms with Crippen LogP contribution < -0.4 is 4.74 Å². The number of rotatable bonds is 8. The molecule has 0 aliphatic heterocycles. The predicted molar refractivity (Wildman–Crippen MR) is 155 cm³/mol. The summed E-state index contributed by atoms with van der Waals surface area (Å²) in [6, 6.07) is 47.8. The van der Waals surface area contributed by atoms with Crippen molar-refractivity contribution in [2.45, 2.75) is 5.92 Å². The molecule has 5 aromatic rings. The molecule has 0 aromatic heterocycles. The van der Waals surface area contributed by atoms with Gasteiger partial charge in [-0.2, -0.15) is 0 Å². The number of methoxy groups -OCH3 is 1. The molecule has 0 saturated carbocycles. The third-order valence-corrected chi connectivity index (χ3v) is 6.51. The molecule has 1 unspecified atom stereocenters. The zero-order chi connectivity index (χ0) is 26.2. The first-order valence-electron chi connectivity index (χ1n) is 12.6. The van der Waals surface area contributed by atoms with E-state index in [0.717, 1.165) is 33.4 Å². The van der Waals surface area contributed by atoms with Crippen molar-refractivity contribution in [3.8, 4) is 5.75 Å². The molecule has 2 heteroatoms. The molecule has 5 aromatic carbocycles. The van der Waals surface area contributed by atoms with Gasteiger partial charge in [-0.05, 0) is 34.4 Å². The molecule has 0 bridgehead atoms. The zero-order valence-corrected chi connectivity index (χ0v) is 21.3. The van der Waals surface area contributed by atoms with Crippen LogP contribution in [0, 0.1) is 0 Å². The summed E-state index contributed by atoms with van der Waals surface area (Å²) in [7, 11) is 1.61. The molecule has 0 amide bonds. The first-order chi connectivity index (χ1) is 18.7. The highest BCUT2D eigenvalue weighted by Crippen LogP contribution is 2.37. The smallest absolute Gasteiger partial charge is 0.175 e. The third kappa shape index (κ3) is 5.57. The number of Topliss-reactive ketones (excluding diaryl/α,β-unsaturated/α-hetero) is 1. The summed E-state index contributed by atoms with van der Waals surface area (Å²) in [5, 5.41) is 0. The van der Waals surface area contributed by atoms with Crippen molar-refractivity contribution in [2.24, 2.45) is 0 Å². The van der Waals surface area contributed by atoms with E-state index >= 15 is 0 Å². The lowest BCUT2D eigenvalue weighted by Gasteiger charge is -2.20. The molecule has 0 aliphatic carbocycles. The van der Waals surface area contributed by atoms with Crippen molar-refractivity contribution in [3.05, 3.63) is 179 Å². The quantitative estimate of drug-likeness (QED) is 0.160. The van der Waals surface area contributed by atoms with Crippen LogP contribution in [0.3, 0.4) is 0 Å². The van der Waals surface area contributed by atoms with Crippen LogP contribution in [-0.2, 0) is 0 Å². The van der Waals surface area contributed by atoms with Crippen molar-refractivity contribution >= 4 is 16.9 Å². The fourth-order valence-electron chi connectivity index (χ4n) is 4.62. The molecule has 5 rings (SSSR count). The van der Waals surface area contributed by atoms with E-state index in [9.17, 15) is 4.79 Å². The molecule has 38 heavy (non-hydrogen) atoms. The van der Waals surface area contributed by atoms with E-state index in [2.05, 4.69) is 30.0 Å². The Morgan fingerprint density at radius 1 is 0.579 bits per heavy atom. The van der Waals surface area contributed by atoms with Gasteiger partial charge in [-0.3, -0.25) is 4.79 Å². The number of hydrogen-bond acceptors (Lipinski definition) is 2. The van der Waals surface area contributed by atoms with Gasteiger partial charge < -0.3 is 4.74 Å². The van der Waals surface area contributed by atoms with Gasteiger partial charge in [0.15, 0.2) is 5.78 Å². The van der Waals surface area contributed by atoms with Crippen LogP contribution in [0.4, 0.5) is 0 Å². The second kappa shape index (κ2) is 11.9. The second-order valence-corrected chi connectivity index (χ2v) is 8.95. The Bertz CT molecular complexity index is 1520. The van der Waals surface area contributed by atoms with Gasteiger partial charge in [0.25, 0.3) is 0 Å². The van der Waals surface area contributed by atoms with Crippen LogP contribution in [0.25, 0.3) is 11.1 Å². The molecule has 2 nitrogen and oxygen atoms in total. The Balaban J connectivity index is 1.84. The number of ether oxygens (including phenoxy) is 1. The molecule has 0 N–H and O–H groups in total. The topological polar surface area (TPSA) is 26.3 Å². The van der Waals surface area contributed by atoms with Gasteiger partial charge in [0.05, 0.1) is 13.0 Å². The molecule has 0 saturated heterocycles. The van der Waals surface area contributed by atoms with Crippen LogP contribution >= 0.6 is 0 Å². The van der Waals surface area contributed by atoms with Gasteiger partial charge in [-0.25, -0.2) is 0 Å². The summed E-state index contributed by atoms with van der Waals surface area (Å²) < 4.78 is 5.44. The first kappa shape index (κ1) is 24.8. The summed E-state index contributed by atoms with van der Waals surface area (Å²) in [5.41, 5.74) is 10.0. The van der Waals surface area contributed by atoms with Crippen molar-refractivity contribution in [3.63, 3.8) is 0 Å². The Kier molecular flexibility index (Phi) is 7.75. The lowest BCUT2D eigenvalue weighted by atomic mass is 9.81. The average molecular weight is 493 g/mol. The fraction of sp³-hybridized carbons (Fsp3) is 0.0556. The van der Waals surface area contributed by atoms with Gasteiger partial charge >= 0.3 is 0 Å². The number of carbonyl (C=O) groups excluding carboxylic acids is 1. The minimum absolute atomic E-state index is 0.0121. The molecule has 0 fully saturated rings. The van der Waals surface area contributed by atoms with Crippen molar-refractivity contribution in [1.29, 1.82) is 0 Å². The van der Waals surface area contributed by atoms with Crippen LogP contribution in [0.2, 0.25) is 0 Å². The van der Waals surface area contributed by atoms with Gasteiger partial charge in [0.2, 0.25) is 0 Å². The SMILES string of the molecule is COc1cccc(C(=O)C(C(=C=C(c2ccccc2)c2ccccc2)c2ccccc2)c2ccccc2)c1. The molecular formula is C36H28O2. The number of ketones is 1. The maximum Gasteiger partial charge on any atom is 0.175 e. The largest absolute Gasteiger partial charge is 0.497 e. The lowest BCUT2D eigenvalue weighted by Crippen LogP contribution is -2.15. The van der Waals surface area contributed by atoms with E-state index in [1.807, 2.05) is 115 Å². The summed E-state index contributed by atoms with van der Waals surface area (Å²) in [4.78, 5) is 14.4. The van der Waals surface area contributed by atoms with Gasteiger partial charge in [0.1, 0.15) is 5.75 Å². The monoisotopic (exact) mass is 492 g/mol. The number of hydrogen-bond donors (Lipinski definition) is 0. The number of allylic oxidation sites excluding steroid dienone is 1. The Hall–Kier alpha value is -4.91. The van der Waals surface area contributed by atoms with Crippen molar-refractivity contribution < 1.29 is 9.53 Å². The highest BCUT2D eigenvalue weighted by molar-refractivity contribution is 6.09. The Labute approximate surface area is 224 Å². The fourth-order valence-corrected chi connectivity index (χ4v) is 4.62. The zero-order valence-electron chi connectivity index (χ0n) is 21.3. The van der Waals surface area contributed by atoms with E-state index in [4.69, 9.17) is 4.74 Å². The minimum Gasteiger partial charge on any atom is -0.497 e. The Morgan fingerprint density at radius 2 is 1.05 bits per heavy atom. The molecule has 184 valence electrons. The number of benzene rings is 5. The van der Waals surface area contributed by atoms with E-state index in [1.54, 1.807) is 13.2 Å². The highest BCUT2D eigenvalue weighted by Gasteiger charge is 2.28. The Morgan fingerprint density at radius 3 is 1.58 bits per heavy atom. The molecule has 0 heterocycles. The van der Waals surface area contributed by atoms with Crippen LogP contribution in [0.15, 0.2) is 151 Å². The average Bonchev–Trinajstić information content (AvgIpc) is 3.00. The lowest BCUT2D eigenvalue weighted by molar-refractivity contribution is 0.0979. The molecule has 1 atom stereocenters. The first-order valence-corrected chi connectivity index (χ1v) is 12.6. The van der Waals surface area contributed by atoms with Crippen molar-refractivity contribution in [1.82, 2.24) is 0 Å². The third-order valence-electron chi connectivity index (χ3n) is 6.51. The van der Waals surface area contributed by atoms with Gasteiger partial charge in [-0.15, -0.1) is 5.73 Å². The van der Waals surface area contributed by atoms with Crippen LogP contribution in [-0.4, -0.2) is 12.9 Å². The standard InChI is InChI=1S/C36H28O2/c1-38-32-24-14-23-31(25-32)36(37)35(30-21-12-5-13-22-30)34(29-19-10-4-11-20-29)26-33(27-15-6-2-7-16-27)28-17-8-3-9-18-28/h2-25,35H,1H3. The maximum atomic E-state index is 14.4.